The van der Waals surface area contributed by atoms with Gasteiger partial charge in [0.15, 0.2) is 5.65 Å². The molecule has 0 aliphatic heterocycles. The standard InChI is InChI=1S/C24H19F2N5O3/c1-3-33-21-12-27-20-11-18(14-4-9-19-15(10-14)13-30(2)29-19)23(32)31(22(20)28-21)16-5-7-17(8-6-16)34-24(25)26/h4-13,24H,3H2,1-2H3. The Balaban J connectivity index is 1.74. The molecule has 0 unspecified atom stereocenters. The van der Waals surface area contributed by atoms with Crippen LogP contribution in [0.4, 0.5) is 8.78 Å². The highest BCUT2D eigenvalue weighted by Crippen LogP contribution is 2.26. The second kappa shape index (κ2) is 8.54. The van der Waals surface area contributed by atoms with Crippen LogP contribution in [-0.4, -0.2) is 37.5 Å². The molecule has 0 saturated heterocycles. The zero-order chi connectivity index (χ0) is 23.8. The number of alkyl halides is 2. The summed E-state index contributed by atoms with van der Waals surface area (Å²) in [4.78, 5) is 22.7. The highest BCUT2D eigenvalue weighted by Gasteiger charge is 2.17. The van der Waals surface area contributed by atoms with Crippen LogP contribution in [0.1, 0.15) is 6.92 Å². The van der Waals surface area contributed by atoms with Gasteiger partial charge in [-0.15, -0.1) is 0 Å². The van der Waals surface area contributed by atoms with E-state index in [9.17, 15) is 13.6 Å². The zero-order valence-corrected chi connectivity index (χ0v) is 18.3. The van der Waals surface area contributed by atoms with Crippen molar-refractivity contribution in [2.24, 2.45) is 7.05 Å². The van der Waals surface area contributed by atoms with Crippen LogP contribution in [0, 0.1) is 0 Å². The molecule has 0 aliphatic rings. The van der Waals surface area contributed by atoms with Crippen LogP contribution in [0.3, 0.4) is 0 Å². The molecule has 0 saturated carbocycles. The quantitative estimate of drug-likeness (QED) is 0.373. The summed E-state index contributed by atoms with van der Waals surface area (Å²) < 4.78 is 38.1. The van der Waals surface area contributed by atoms with Crippen molar-refractivity contribution in [3.8, 4) is 28.4 Å². The van der Waals surface area contributed by atoms with Gasteiger partial charge in [0.05, 0.1) is 24.0 Å². The molecule has 5 aromatic rings. The molecule has 0 fully saturated rings. The average Bonchev–Trinajstić information content (AvgIpc) is 3.18. The van der Waals surface area contributed by atoms with Gasteiger partial charge in [0, 0.05) is 24.2 Å². The Hall–Kier alpha value is -4.34. The monoisotopic (exact) mass is 463 g/mol. The van der Waals surface area contributed by atoms with Crippen LogP contribution in [0.2, 0.25) is 0 Å². The topological polar surface area (TPSA) is 84.1 Å². The summed E-state index contributed by atoms with van der Waals surface area (Å²) in [5.41, 5.74) is 2.73. The number of nitrogens with zero attached hydrogens (tertiary/aromatic N) is 5. The third-order valence-electron chi connectivity index (χ3n) is 5.23. The van der Waals surface area contributed by atoms with E-state index in [4.69, 9.17) is 4.74 Å². The van der Waals surface area contributed by atoms with Crippen LogP contribution >= 0.6 is 0 Å². The molecule has 0 N–H and O–H groups in total. The van der Waals surface area contributed by atoms with Crippen LogP contribution in [0.5, 0.6) is 11.6 Å². The Kier molecular flexibility index (Phi) is 5.40. The minimum Gasteiger partial charge on any atom is -0.477 e. The summed E-state index contributed by atoms with van der Waals surface area (Å²) in [5, 5.41) is 5.26. The molecule has 0 bridgehead atoms. The van der Waals surface area contributed by atoms with Gasteiger partial charge in [-0.2, -0.15) is 18.9 Å². The van der Waals surface area contributed by atoms with Crippen LogP contribution in [0.25, 0.3) is 38.9 Å². The molecule has 5 rings (SSSR count). The van der Waals surface area contributed by atoms with E-state index >= 15 is 0 Å². The number of pyridine rings is 1. The fraction of sp³-hybridized carbons (Fsp3) is 0.167. The van der Waals surface area contributed by atoms with E-state index in [2.05, 4.69) is 19.8 Å². The minimum absolute atomic E-state index is 0.0182. The van der Waals surface area contributed by atoms with Crippen molar-refractivity contribution >= 4 is 22.1 Å². The van der Waals surface area contributed by atoms with Crippen molar-refractivity contribution in [3.63, 3.8) is 0 Å². The summed E-state index contributed by atoms with van der Waals surface area (Å²) in [5.74, 6) is 0.251. The number of hydrogen-bond donors (Lipinski definition) is 0. The Morgan fingerprint density at radius 2 is 1.85 bits per heavy atom. The van der Waals surface area contributed by atoms with Gasteiger partial charge < -0.3 is 9.47 Å². The minimum atomic E-state index is -2.94. The third kappa shape index (κ3) is 3.94. The molecule has 0 spiro atoms. The predicted molar refractivity (Wildman–Crippen MR) is 123 cm³/mol. The molecule has 0 aliphatic carbocycles. The third-order valence-corrected chi connectivity index (χ3v) is 5.23. The van der Waals surface area contributed by atoms with Gasteiger partial charge in [0.2, 0.25) is 5.88 Å². The molecule has 0 amide bonds. The normalized spacial score (nSPS) is 11.4. The summed E-state index contributed by atoms with van der Waals surface area (Å²) in [7, 11) is 1.83. The molecule has 10 heteroatoms. The fourth-order valence-electron chi connectivity index (χ4n) is 3.81. The molecule has 0 radical (unpaired) electrons. The number of aryl methyl sites for hydroxylation is 1. The maximum absolute atomic E-state index is 13.7. The Bertz CT molecular complexity index is 1560. The van der Waals surface area contributed by atoms with E-state index in [0.29, 0.717) is 28.9 Å². The second-order valence-corrected chi connectivity index (χ2v) is 7.50. The van der Waals surface area contributed by atoms with Gasteiger partial charge >= 0.3 is 6.61 Å². The highest BCUT2D eigenvalue weighted by molar-refractivity contribution is 5.86. The molecule has 3 aromatic heterocycles. The SMILES string of the molecule is CCOc1cnc2cc(-c3ccc4nn(C)cc4c3)c(=O)n(-c3ccc(OC(F)F)cc3)c2n1. The summed E-state index contributed by atoms with van der Waals surface area (Å²) in [6.45, 7) is -0.745. The summed E-state index contributed by atoms with van der Waals surface area (Å²) in [6.07, 6.45) is 3.36. The van der Waals surface area contributed by atoms with E-state index in [1.165, 1.54) is 35.0 Å². The molecule has 8 nitrogen and oxygen atoms in total. The Morgan fingerprint density at radius 1 is 1.06 bits per heavy atom. The first kappa shape index (κ1) is 21.5. The Labute approximate surface area is 192 Å². The van der Waals surface area contributed by atoms with E-state index in [1.807, 2.05) is 38.4 Å². The van der Waals surface area contributed by atoms with Crippen molar-refractivity contribution in [1.82, 2.24) is 24.3 Å². The molecular weight excluding hydrogens is 444 g/mol. The van der Waals surface area contributed by atoms with Crippen molar-refractivity contribution in [2.45, 2.75) is 13.5 Å². The maximum Gasteiger partial charge on any atom is 0.387 e. The van der Waals surface area contributed by atoms with E-state index in [1.54, 1.807) is 10.7 Å². The lowest BCUT2D eigenvalue weighted by Gasteiger charge is -2.14. The molecule has 0 atom stereocenters. The lowest BCUT2D eigenvalue weighted by molar-refractivity contribution is -0.0498. The predicted octanol–water partition coefficient (Wildman–Crippen LogP) is 4.33. The van der Waals surface area contributed by atoms with E-state index < -0.39 is 6.61 Å². The van der Waals surface area contributed by atoms with Crippen LogP contribution in [-0.2, 0) is 7.05 Å². The number of hydrogen-bond acceptors (Lipinski definition) is 6. The Morgan fingerprint density at radius 3 is 2.59 bits per heavy atom. The van der Waals surface area contributed by atoms with E-state index in [0.717, 1.165) is 10.9 Å². The summed E-state index contributed by atoms with van der Waals surface area (Å²) in [6, 6.07) is 13.0. The number of halogens is 2. The molecule has 172 valence electrons. The van der Waals surface area contributed by atoms with Gasteiger partial charge in [-0.25, -0.2) is 4.98 Å². The zero-order valence-electron chi connectivity index (χ0n) is 18.3. The molecule has 3 heterocycles. The smallest absolute Gasteiger partial charge is 0.387 e. The molecular formula is C24H19F2N5O3. The van der Waals surface area contributed by atoms with Gasteiger partial charge in [-0.1, -0.05) is 6.07 Å². The largest absolute Gasteiger partial charge is 0.477 e. The maximum atomic E-state index is 13.7. The number of aromatic nitrogens is 5. The van der Waals surface area contributed by atoms with Crippen molar-refractivity contribution in [3.05, 3.63) is 71.3 Å². The summed E-state index contributed by atoms with van der Waals surface area (Å²) >= 11 is 0. The first-order valence-corrected chi connectivity index (χ1v) is 10.5. The average molecular weight is 463 g/mol. The number of rotatable bonds is 6. The lowest BCUT2D eigenvalue weighted by Crippen LogP contribution is -2.22. The number of ether oxygens (including phenoxy) is 2. The first-order valence-electron chi connectivity index (χ1n) is 10.5. The molecule has 2 aromatic carbocycles. The molecule has 34 heavy (non-hydrogen) atoms. The van der Waals surface area contributed by atoms with Gasteiger partial charge in [0.25, 0.3) is 5.56 Å². The van der Waals surface area contributed by atoms with Crippen LogP contribution in [0.15, 0.2) is 65.7 Å². The van der Waals surface area contributed by atoms with Crippen molar-refractivity contribution in [1.29, 1.82) is 0 Å². The van der Waals surface area contributed by atoms with Gasteiger partial charge in [-0.3, -0.25) is 14.0 Å². The van der Waals surface area contributed by atoms with E-state index in [-0.39, 0.29) is 22.8 Å². The van der Waals surface area contributed by atoms with Crippen molar-refractivity contribution < 1.29 is 18.3 Å². The van der Waals surface area contributed by atoms with Gasteiger partial charge in [0.1, 0.15) is 11.3 Å². The second-order valence-electron chi connectivity index (χ2n) is 7.50. The van der Waals surface area contributed by atoms with Crippen molar-refractivity contribution in [2.75, 3.05) is 6.61 Å². The lowest BCUT2D eigenvalue weighted by atomic mass is 10.0. The first-order chi connectivity index (χ1) is 16.4. The van der Waals surface area contributed by atoms with Gasteiger partial charge in [-0.05, 0) is 55.0 Å². The fourth-order valence-corrected chi connectivity index (χ4v) is 3.81. The van der Waals surface area contributed by atoms with Crippen LogP contribution < -0.4 is 15.0 Å². The highest BCUT2D eigenvalue weighted by atomic mass is 19.3. The number of fused-ring (bicyclic) bond motifs is 2. The number of benzene rings is 2.